The molecule has 2 aromatic rings. The predicted octanol–water partition coefficient (Wildman–Crippen LogP) is 4.27. The van der Waals surface area contributed by atoms with Gasteiger partial charge >= 0.3 is 6.18 Å². The highest BCUT2D eigenvalue weighted by Crippen LogP contribution is 2.36. The lowest BCUT2D eigenvalue weighted by molar-refractivity contribution is -0.179. The number of carbonyl (C=O) groups excluding carboxylic acids is 2. The van der Waals surface area contributed by atoms with Gasteiger partial charge in [0.25, 0.3) is 0 Å². The van der Waals surface area contributed by atoms with E-state index in [0.29, 0.717) is 26.2 Å². The molecule has 0 aliphatic carbocycles. The van der Waals surface area contributed by atoms with Gasteiger partial charge in [0.15, 0.2) is 0 Å². The molecule has 1 atom stereocenters. The Hall–Kier alpha value is -3.23. The normalized spacial score (nSPS) is 19.1. The lowest BCUT2D eigenvalue weighted by Crippen LogP contribution is -2.39. The molecule has 1 unspecified atom stereocenters. The van der Waals surface area contributed by atoms with E-state index in [1.807, 2.05) is 54.3 Å². The fourth-order valence-corrected chi connectivity index (χ4v) is 4.44. The van der Waals surface area contributed by atoms with Crippen molar-refractivity contribution in [2.75, 3.05) is 29.9 Å². The van der Waals surface area contributed by atoms with Gasteiger partial charge in [0, 0.05) is 49.7 Å². The van der Waals surface area contributed by atoms with E-state index in [9.17, 15) is 22.8 Å². The van der Waals surface area contributed by atoms with Crippen molar-refractivity contribution in [3.8, 4) is 0 Å². The van der Waals surface area contributed by atoms with E-state index in [-0.39, 0.29) is 37.0 Å². The Bertz CT molecular complexity index is 1030. The minimum atomic E-state index is -4.11. The van der Waals surface area contributed by atoms with E-state index >= 15 is 0 Å². The fraction of sp³-hybridized carbons (Fsp3) is 0.440. The monoisotopic (exact) mass is 474 g/mol. The molecule has 2 saturated heterocycles. The molecule has 0 aromatic heterocycles. The lowest BCUT2D eigenvalue weighted by Gasteiger charge is -2.34. The van der Waals surface area contributed by atoms with Gasteiger partial charge in [-0.15, -0.1) is 0 Å². The minimum Gasteiger partial charge on any atom is -0.371 e. The van der Waals surface area contributed by atoms with Crippen LogP contribution < -0.4 is 20.9 Å². The van der Waals surface area contributed by atoms with E-state index < -0.39 is 12.1 Å². The number of anilines is 3. The van der Waals surface area contributed by atoms with E-state index in [0.717, 1.165) is 28.2 Å². The molecule has 0 bridgehead atoms. The van der Waals surface area contributed by atoms with Crippen LogP contribution in [0.3, 0.4) is 0 Å². The average molecular weight is 475 g/mol. The highest BCUT2D eigenvalue weighted by atomic mass is 19.4. The molecule has 34 heavy (non-hydrogen) atoms. The maximum atomic E-state index is 12.9. The summed E-state index contributed by atoms with van der Waals surface area (Å²) in [6.45, 7) is 3.56. The van der Waals surface area contributed by atoms with Crippen molar-refractivity contribution < 1.29 is 22.8 Å². The summed E-state index contributed by atoms with van der Waals surface area (Å²) in [5, 5.41) is 8.90. The molecular weight excluding hydrogens is 445 g/mol. The summed E-state index contributed by atoms with van der Waals surface area (Å²) in [6.07, 6.45) is -3.61. The Kier molecular flexibility index (Phi) is 7.00. The fourth-order valence-electron chi connectivity index (χ4n) is 4.44. The van der Waals surface area contributed by atoms with Crippen LogP contribution in [0.2, 0.25) is 0 Å². The molecule has 2 aliphatic heterocycles. The first-order valence-electron chi connectivity index (χ1n) is 11.5. The van der Waals surface area contributed by atoms with Crippen molar-refractivity contribution in [1.29, 1.82) is 0 Å². The molecule has 2 aromatic carbocycles. The molecule has 2 amide bonds. The average Bonchev–Trinajstić information content (AvgIpc) is 3.25. The van der Waals surface area contributed by atoms with Crippen molar-refractivity contribution >= 4 is 28.9 Å². The number of nitrogens with one attached hydrogen (secondary N) is 3. The first-order valence-corrected chi connectivity index (χ1v) is 11.5. The van der Waals surface area contributed by atoms with Crippen LogP contribution in [-0.4, -0.2) is 37.6 Å². The lowest BCUT2D eigenvalue weighted by atomic mass is 9.96. The number of halogens is 3. The van der Waals surface area contributed by atoms with Crippen molar-refractivity contribution in [3.63, 3.8) is 0 Å². The quantitative estimate of drug-likeness (QED) is 0.585. The van der Waals surface area contributed by atoms with Crippen LogP contribution in [0.15, 0.2) is 42.5 Å². The molecule has 182 valence electrons. The molecule has 2 aliphatic rings. The van der Waals surface area contributed by atoms with Gasteiger partial charge in [0.05, 0.1) is 11.8 Å². The summed E-state index contributed by atoms with van der Waals surface area (Å²) in [5.74, 6) is -1.73. The number of amides is 2. The summed E-state index contributed by atoms with van der Waals surface area (Å²) in [5.41, 5.74) is 4.71. The molecule has 3 N–H and O–H groups in total. The number of aryl methyl sites for hydroxylation is 1. The van der Waals surface area contributed by atoms with Gasteiger partial charge in [-0.25, -0.2) is 0 Å². The van der Waals surface area contributed by atoms with Gasteiger partial charge in [-0.1, -0.05) is 12.1 Å². The zero-order valence-electron chi connectivity index (χ0n) is 19.0. The van der Waals surface area contributed by atoms with E-state index in [4.69, 9.17) is 0 Å². The number of benzene rings is 2. The van der Waals surface area contributed by atoms with Gasteiger partial charge in [-0.3, -0.25) is 9.59 Å². The van der Waals surface area contributed by atoms with E-state index in [2.05, 4.69) is 16.0 Å². The van der Waals surface area contributed by atoms with Gasteiger partial charge in [-0.2, -0.15) is 13.2 Å². The highest BCUT2D eigenvalue weighted by molar-refractivity contribution is 5.89. The minimum absolute atomic E-state index is 0.0927. The topological polar surface area (TPSA) is 73.5 Å². The Morgan fingerprint density at radius 1 is 1.12 bits per heavy atom. The zero-order chi connectivity index (χ0) is 24.3. The number of carbonyl (C=O) groups is 2. The summed E-state index contributed by atoms with van der Waals surface area (Å²) < 4.78 is 38.7. The Labute approximate surface area is 196 Å². The van der Waals surface area contributed by atoms with E-state index in [1.54, 1.807) is 0 Å². The van der Waals surface area contributed by atoms with Gasteiger partial charge in [0.2, 0.25) is 11.8 Å². The summed E-state index contributed by atoms with van der Waals surface area (Å²) in [4.78, 5) is 25.4. The number of hydrogen-bond donors (Lipinski definition) is 3. The second kappa shape index (κ2) is 9.95. The van der Waals surface area contributed by atoms with Crippen molar-refractivity contribution in [1.82, 2.24) is 10.6 Å². The van der Waals surface area contributed by atoms with Crippen LogP contribution in [-0.2, 0) is 16.1 Å². The Balaban J connectivity index is 1.30. The zero-order valence-corrected chi connectivity index (χ0v) is 19.0. The number of piperidine rings is 1. The molecule has 9 heteroatoms. The van der Waals surface area contributed by atoms with Crippen molar-refractivity contribution in [2.45, 2.75) is 38.9 Å². The molecule has 4 rings (SSSR count). The number of nitrogens with zero attached hydrogens (tertiary/aromatic N) is 1. The summed E-state index contributed by atoms with van der Waals surface area (Å²) in [6, 6.07) is 13.6. The highest BCUT2D eigenvalue weighted by Gasteiger charge is 2.41. The number of alkyl halides is 3. The second-order valence-corrected chi connectivity index (χ2v) is 9.05. The van der Waals surface area contributed by atoms with Crippen LogP contribution in [0.25, 0.3) is 0 Å². The molecule has 2 fully saturated rings. The molecule has 0 saturated carbocycles. The molecule has 6 nitrogen and oxygen atoms in total. The third kappa shape index (κ3) is 5.81. The third-order valence-corrected chi connectivity index (χ3v) is 6.58. The Morgan fingerprint density at radius 3 is 2.41 bits per heavy atom. The van der Waals surface area contributed by atoms with Crippen molar-refractivity contribution in [2.24, 2.45) is 11.8 Å². The van der Waals surface area contributed by atoms with E-state index in [1.165, 1.54) is 0 Å². The maximum absolute atomic E-state index is 12.9. The van der Waals surface area contributed by atoms with Gasteiger partial charge in [0.1, 0.15) is 0 Å². The first kappa shape index (κ1) is 23.9. The molecule has 0 radical (unpaired) electrons. The van der Waals surface area contributed by atoms with Crippen molar-refractivity contribution in [3.05, 3.63) is 53.6 Å². The molecule has 0 spiro atoms. The number of hydrogen-bond acceptors (Lipinski definition) is 4. The number of rotatable bonds is 6. The first-order chi connectivity index (χ1) is 16.2. The predicted molar refractivity (Wildman–Crippen MR) is 125 cm³/mol. The SMILES string of the molecule is Cc1cc(N2CCC(C(F)(F)F)CC2)ccc1Nc1ccc(CNC(=O)C2CNC(=O)C2)cc1. The standard InChI is InChI=1S/C25H29F3N4O2/c1-16-12-21(32-10-8-19(9-11-32)25(26,27)28)6-7-22(16)31-20-4-2-17(3-5-20)14-30-24(34)18-13-23(33)29-15-18/h2-7,12,18-19,31H,8-11,13-15H2,1H3,(H,29,33)(H,30,34). The molecular formula is C25H29F3N4O2. The van der Waals surface area contributed by atoms with Gasteiger partial charge < -0.3 is 20.9 Å². The van der Waals surface area contributed by atoms with Crippen LogP contribution in [0.1, 0.15) is 30.4 Å². The second-order valence-electron chi connectivity index (χ2n) is 9.05. The van der Waals surface area contributed by atoms with Crippen LogP contribution in [0.5, 0.6) is 0 Å². The smallest absolute Gasteiger partial charge is 0.371 e. The largest absolute Gasteiger partial charge is 0.391 e. The Morgan fingerprint density at radius 2 is 1.82 bits per heavy atom. The summed E-state index contributed by atoms with van der Waals surface area (Å²) in [7, 11) is 0. The summed E-state index contributed by atoms with van der Waals surface area (Å²) >= 11 is 0. The van der Waals surface area contributed by atoms with Crippen LogP contribution in [0, 0.1) is 18.8 Å². The molecule has 2 heterocycles. The van der Waals surface area contributed by atoms with Crippen LogP contribution in [0.4, 0.5) is 30.2 Å². The third-order valence-electron chi connectivity index (χ3n) is 6.58. The maximum Gasteiger partial charge on any atom is 0.391 e. The van der Waals surface area contributed by atoms with Gasteiger partial charge in [-0.05, 0) is 61.2 Å². The van der Waals surface area contributed by atoms with Crippen LogP contribution >= 0.6 is 0 Å².